The topological polar surface area (TPSA) is 49.5 Å². The fourth-order valence-electron chi connectivity index (χ4n) is 2.73. The van der Waals surface area contributed by atoms with Crippen molar-refractivity contribution >= 4 is 0 Å². The third kappa shape index (κ3) is 2.49. The summed E-state index contributed by atoms with van der Waals surface area (Å²) in [4.78, 5) is 2.07. The van der Waals surface area contributed by atoms with E-state index in [-0.39, 0.29) is 0 Å². The van der Waals surface area contributed by atoms with Crippen LogP contribution in [0.2, 0.25) is 0 Å². The maximum atomic E-state index is 10.8. The smallest absolute Gasteiger partial charge is 0.167 e. The zero-order chi connectivity index (χ0) is 14.0. The van der Waals surface area contributed by atoms with E-state index < -0.39 is 5.72 Å². The Balaban J connectivity index is 1.85. The van der Waals surface area contributed by atoms with Crippen molar-refractivity contribution in [1.82, 2.24) is 10.1 Å². The molecule has 0 bridgehead atoms. The molecule has 1 fully saturated rings. The van der Waals surface area contributed by atoms with Gasteiger partial charge in [-0.3, -0.25) is 4.90 Å². The first kappa shape index (κ1) is 13.3. The molecular weight excluding hydrogens is 252 g/mol. The number of hydrogen-bond acceptors (Lipinski definition) is 4. The normalized spacial score (nSPS) is 19.7. The Morgan fingerprint density at radius 3 is 2.55 bits per heavy atom. The minimum atomic E-state index is -1.06. The molecule has 4 heteroatoms. The van der Waals surface area contributed by atoms with Crippen LogP contribution in [0.4, 0.5) is 0 Å². The maximum absolute atomic E-state index is 10.8. The van der Waals surface area contributed by atoms with Crippen molar-refractivity contribution in [2.24, 2.45) is 0 Å². The predicted molar refractivity (Wildman–Crippen MR) is 76.9 cm³/mol. The highest BCUT2D eigenvalue weighted by Crippen LogP contribution is 2.30. The first-order chi connectivity index (χ1) is 9.68. The van der Waals surface area contributed by atoms with Crippen molar-refractivity contribution < 1.29 is 9.63 Å². The molecule has 1 aromatic heterocycles. The lowest BCUT2D eigenvalue weighted by molar-refractivity contribution is -0.113. The van der Waals surface area contributed by atoms with Crippen LogP contribution in [0.5, 0.6) is 0 Å². The molecule has 20 heavy (non-hydrogen) atoms. The maximum Gasteiger partial charge on any atom is 0.167 e. The molecule has 0 radical (unpaired) electrons. The predicted octanol–water partition coefficient (Wildman–Crippen LogP) is 2.99. The highest BCUT2D eigenvalue weighted by Gasteiger charge is 2.35. The molecule has 1 atom stereocenters. The molecule has 1 unspecified atom stereocenters. The fraction of sp³-hybridized carbons (Fsp3) is 0.438. The second kappa shape index (κ2) is 5.38. The van der Waals surface area contributed by atoms with Crippen molar-refractivity contribution in [2.45, 2.75) is 31.9 Å². The van der Waals surface area contributed by atoms with Gasteiger partial charge in [0.15, 0.2) is 11.5 Å². The Morgan fingerprint density at radius 1 is 1.15 bits per heavy atom. The highest BCUT2D eigenvalue weighted by atomic mass is 16.5. The van der Waals surface area contributed by atoms with E-state index in [9.17, 15) is 5.11 Å². The van der Waals surface area contributed by atoms with Gasteiger partial charge in [0.25, 0.3) is 0 Å². The summed E-state index contributed by atoms with van der Waals surface area (Å²) in [6.07, 6.45) is 3.49. The molecule has 2 aromatic rings. The summed E-state index contributed by atoms with van der Waals surface area (Å²) < 4.78 is 5.39. The highest BCUT2D eigenvalue weighted by molar-refractivity contribution is 5.57. The number of nitrogens with zero attached hydrogens (tertiary/aromatic N) is 2. The number of aromatic nitrogens is 1. The van der Waals surface area contributed by atoms with Crippen molar-refractivity contribution in [1.29, 1.82) is 0 Å². The van der Waals surface area contributed by atoms with Crippen LogP contribution in [0.25, 0.3) is 11.3 Å². The number of hydrogen-bond donors (Lipinski definition) is 1. The van der Waals surface area contributed by atoms with E-state index >= 15 is 0 Å². The summed E-state index contributed by atoms with van der Waals surface area (Å²) in [7, 11) is 0. The van der Waals surface area contributed by atoms with Crippen LogP contribution in [0.1, 0.15) is 31.9 Å². The van der Waals surface area contributed by atoms with Gasteiger partial charge in [0, 0.05) is 24.7 Å². The Labute approximate surface area is 119 Å². The zero-order valence-corrected chi connectivity index (χ0v) is 11.7. The van der Waals surface area contributed by atoms with E-state index in [0.29, 0.717) is 11.5 Å². The summed E-state index contributed by atoms with van der Waals surface area (Å²) in [5.74, 6) is 0.692. The molecule has 4 nitrogen and oxygen atoms in total. The molecule has 106 valence electrons. The van der Waals surface area contributed by atoms with Crippen LogP contribution in [0.3, 0.4) is 0 Å². The number of rotatable bonds is 3. The molecule has 1 aliphatic rings. The van der Waals surface area contributed by atoms with Gasteiger partial charge < -0.3 is 9.63 Å². The second-order valence-corrected chi connectivity index (χ2v) is 5.51. The fourth-order valence-corrected chi connectivity index (χ4v) is 2.73. The zero-order valence-electron chi connectivity index (χ0n) is 11.7. The first-order valence-corrected chi connectivity index (χ1v) is 7.18. The van der Waals surface area contributed by atoms with E-state index in [1.54, 1.807) is 6.92 Å². The van der Waals surface area contributed by atoms with Crippen molar-refractivity contribution in [3.05, 3.63) is 42.1 Å². The first-order valence-electron chi connectivity index (χ1n) is 7.18. The lowest BCUT2D eigenvalue weighted by Gasteiger charge is -2.37. The molecule has 0 aliphatic carbocycles. The average molecular weight is 272 g/mol. The van der Waals surface area contributed by atoms with E-state index in [1.807, 2.05) is 36.4 Å². The quantitative estimate of drug-likeness (QED) is 0.933. The summed E-state index contributed by atoms with van der Waals surface area (Å²) in [6, 6.07) is 11.7. The Morgan fingerprint density at radius 2 is 1.85 bits per heavy atom. The molecule has 1 N–H and O–H groups in total. The summed E-state index contributed by atoms with van der Waals surface area (Å²) in [6.45, 7) is 3.60. The number of aliphatic hydroxyl groups is 1. The van der Waals surface area contributed by atoms with Crippen LogP contribution in [-0.2, 0) is 5.72 Å². The monoisotopic (exact) mass is 272 g/mol. The molecule has 1 saturated heterocycles. The van der Waals surface area contributed by atoms with Gasteiger partial charge in [-0.15, -0.1) is 0 Å². The second-order valence-electron chi connectivity index (χ2n) is 5.51. The lowest BCUT2D eigenvalue weighted by atomic mass is 10.0. The molecule has 0 amide bonds. The third-order valence-electron chi connectivity index (χ3n) is 4.03. The van der Waals surface area contributed by atoms with Gasteiger partial charge in [0.2, 0.25) is 0 Å². The minimum Gasteiger partial charge on any atom is -0.370 e. The van der Waals surface area contributed by atoms with Gasteiger partial charge >= 0.3 is 0 Å². The average Bonchev–Trinajstić information content (AvgIpc) is 3.00. The van der Waals surface area contributed by atoms with Gasteiger partial charge in [0.05, 0.1) is 0 Å². The van der Waals surface area contributed by atoms with Crippen molar-refractivity contribution in [2.75, 3.05) is 13.1 Å². The van der Waals surface area contributed by atoms with E-state index in [4.69, 9.17) is 4.52 Å². The van der Waals surface area contributed by atoms with E-state index in [1.165, 1.54) is 6.42 Å². The Hall–Kier alpha value is -1.65. The molecule has 0 spiro atoms. The number of benzene rings is 1. The van der Waals surface area contributed by atoms with Crippen molar-refractivity contribution in [3.63, 3.8) is 0 Å². The van der Waals surface area contributed by atoms with E-state index in [2.05, 4.69) is 10.1 Å². The Kier molecular flexibility index (Phi) is 3.59. The third-order valence-corrected chi connectivity index (χ3v) is 4.03. The van der Waals surface area contributed by atoms with Crippen LogP contribution < -0.4 is 0 Å². The molecule has 2 heterocycles. The molecule has 1 aromatic carbocycles. The van der Waals surface area contributed by atoms with Gasteiger partial charge in [-0.05, 0) is 19.8 Å². The summed E-state index contributed by atoms with van der Waals surface area (Å²) in [5, 5.41) is 14.8. The van der Waals surface area contributed by atoms with Crippen LogP contribution >= 0.6 is 0 Å². The molecule has 1 aliphatic heterocycles. The standard InChI is InChI=1S/C16H20N2O2/c1-16(19,18-10-6-3-7-11-18)15-12-14(20-17-15)13-8-4-2-5-9-13/h2,4-5,8-9,12,19H,3,6-7,10-11H2,1H3. The van der Waals surface area contributed by atoms with Crippen LogP contribution in [0.15, 0.2) is 40.9 Å². The number of piperidine rings is 1. The number of likely N-dealkylation sites (tertiary alicyclic amines) is 1. The van der Waals surface area contributed by atoms with Crippen molar-refractivity contribution in [3.8, 4) is 11.3 Å². The molecule has 0 saturated carbocycles. The Bertz CT molecular complexity index is 557. The van der Waals surface area contributed by atoms with Gasteiger partial charge in [-0.2, -0.15) is 0 Å². The van der Waals surface area contributed by atoms with Gasteiger partial charge in [0.1, 0.15) is 5.69 Å². The molecule has 3 rings (SSSR count). The largest absolute Gasteiger partial charge is 0.370 e. The van der Waals surface area contributed by atoms with E-state index in [0.717, 1.165) is 31.5 Å². The van der Waals surface area contributed by atoms with Crippen LogP contribution in [-0.4, -0.2) is 28.3 Å². The van der Waals surface area contributed by atoms with Crippen LogP contribution in [0, 0.1) is 0 Å². The lowest BCUT2D eigenvalue weighted by Crippen LogP contribution is -2.46. The summed E-state index contributed by atoms with van der Waals surface area (Å²) in [5.41, 5.74) is 0.496. The SMILES string of the molecule is CC(O)(c1cc(-c2ccccc2)on1)N1CCCCC1. The summed E-state index contributed by atoms with van der Waals surface area (Å²) >= 11 is 0. The van der Waals surface area contributed by atoms with Gasteiger partial charge in [-0.1, -0.05) is 41.9 Å². The minimum absolute atomic E-state index is 0.582. The molecular formula is C16H20N2O2. The van der Waals surface area contributed by atoms with Gasteiger partial charge in [-0.25, -0.2) is 0 Å².